The summed E-state index contributed by atoms with van der Waals surface area (Å²) in [7, 11) is 0. The minimum atomic E-state index is -0.138. The molecule has 0 spiro atoms. The highest BCUT2D eigenvalue weighted by atomic mass is 16.3. The molecule has 0 aromatic carbocycles. The van der Waals surface area contributed by atoms with Crippen LogP contribution in [0.15, 0.2) is 23.0 Å². The number of hydrogen-bond acceptors (Lipinski definition) is 3. The van der Waals surface area contributed by atoms with Crippen molar-refractivity contribution in [1.29, 1.82) is 0 Å². The number of hydrogen-bond donors (Lipinski definition) is 1. The number of furan rings is 1. The van der Waals surface area contributed by atoms with Crippen LogP contribution in [0.25, 0.3) is 0 Å². The van der Waals surface area contributed by atoms with Gasteiger partial charge in [0.15, 0.2) is 0 Å². The summed E-state index contributed by atoms with van der Waals surface area (Å²) < 4.78 is 4.99. The number of aliphatic hydroxyl groups is 1. The van der Waals surface area contributed by atoms with Gasteiger partial charge >= 0.3 is 0 Å². The van der Waals surface area contributed by atoms with Crippen molar-refractivity contribution in [3.8, 4) is 0 Å². The molecular weight excluding hydrogens is 166 g/mol. The average molecular weight is 181 g/mol. The van der Waals surface area contributed by atoms with Crippen LogP contribution in [0.4, 0.5) is 0 Å². The molecule has 72 valence electrons. The molecule has 13 heavy (non-hydrogen) atoms. The minimum absolute atomic E-state index is 0.138. The molecule has 3 nitrogen and oxygen atoms in total. The normalized spacial score (nSPS) is 24.8. The third-order valence-electron chi connectivity index (χ3n) is 2.47. The van der Waals surface area contributed by atoms with Crippen LogP contribution in [0.3, 0.4) is 0 Å². The van der Waals surface area contributed by atoms with Crippen LogP contribution in [0, 0.1) is 0 Å². The third kappa shape index (κ3) is 2.32. The summed E-state index contributed by atoms with van der Waals surface area (Å²) in [5.41, 5.74) is 1.19. The van der Waals surface area contributed by atoms with Crippen molar-refractivity contribution in [3.05, 3.63) is 24.2 Å². The fourth-order valence-electron chi connectivity index (χ4n) is 1.82. The van der Waals surface area contributed by atoms with Crippen LogP contribution >= 0.6 is 0 Å². The first-order chi connectivity index (χ1) is 6.34. The summed E-state index contributed by atoms with van der Waals surface area (Å²) >= 11 is 0. The van der Waals surface area contributed by atoms with Crippen molar-refractivity contribution in [2.24, 2.45) is 0 Å². The molecule has 3 heteroatoms. The lowest BCUT2D eigenvalue weighted by molar-refractivity contribution is 0.0667. The van der Waals surface area contributed by atoms with Crippen molar-refractivity contribution in [2.75, 3.05) is 13.1 Å². The van der Waals surface area contributed by atoms with Gasteiger partial charge in [0.2, 0.25) is 0 Å². The lowest BCUT2D eigenvalue weighted by Crippen LogP contribution is -2.37. The average Bonchev–Trinajstić information content (AvgIpc) is 2.57. The van der Waals surface area contributed by atoms with Crippen molar-refractivity contribution >= 4 is 0 Å². The predicted octanol–water partition coefficient (Wildman–Crippen LogP) is 1.24. The van der Waals surface area contributed by atoms with E-state index in [1.165, 1.54) is 5.56 Å². The van der Waals surface area contributed by atoms with E-state index in [0.29, 0.717) is 0 Å². The van der Waals surface area contributed by atoms with E-state index in [2.05, 4.69) is 4.90 Å². The highest BCUT2D eigenvalue weighted by molar-refractivity contribution is 5.05. The summed E-state index contributed by atoms with van der Waals surface area (Å²) in [6, 6.07) is 1.97. The standard InChI is InChI=1S/C10H15NO2/c12-10-2-1-4-11(7-10)6-9-3-5-13-8-9/h3,5,8,10,12H,1-2,4,6-7H2. The quantitative estimate of drug-likeness (QED) is 0.745. The van der Waals surface area contributed by atoms with Gasteiger partial charge < -0.3 is 9.52 Å². The van der Waals surface area contributed by atoms with Crippen LogP contribution < -0.4 is 0 Å². The molecule has 1 fully saturated rings. The van der Waals surface area contributed by atoms with Gasteiger partial charge in [0.25, 0.3) is 0 Å². The van der Waals surface area contributed by atoms with E-state index < -0.39 is 0 Å². The topological polar surface area (TPSA) is 36.6 Å². The maximum Gasteiger partial charge on any atom is 0.0947 e. The SMILES string of the molecule is OC1CCCN(Cc2ccoc2)C1. The molecule has 0 saturated carbocycles. The van der Waals surface area contributed by atoms with Gasteiger partial charge in [-0.3, -0.25) is 4.90 Å². The molecule has 0 aliphatic carbocycles. The van der Waals surface area contributed by atoms with Crippen molar-refractivity contribution in [2.45, 2.75) is 25.5 Å². The van der Waals surface area contributed by atoms with Gasteiger partial charge in [0.05, 0.1) is 18.6 Å². The Hall–Kier alpha value is -0.800. The van der Waals surface area contributed by atoms with Gasteiger partial charge in [-0.1, -0.05) is 0 Å². The Balaban J connectivity index is 1.87. The zero-order valence-corrected chi connectivity index (χ0v) is 7.65. The first-order valence-corrected chi connectivity index (χ1v) is 4.76. The summed E-state index contributed by atoms with van der Waals surface area (Å²) in [6.45, 7) is 2.78. The third-order valence-corrected chi connectivity index (χ3v) is 2.47. The maximum atomic E-state index is 9.44. The smallest absolute Gasteiger partial charge is 0.0947 e. The molecule has 2 heterocycles. The molecule has 1 aromatic heterocycles. The van der Waals surface area contributed by atoms with Crippen molar-refractivity contribution < 1.29 is 9.52 Å². The van der Waals surface area contributed by atoms with Crippen LogP contribution in [0.1, 0.15) is 18.4 Å². The molecule has 1 aliphatic heterocycles. The monoisotopic (exact) mass is 181 g/mol. The van der Waals surface area contributed by atoms with E-state index in [0.717, 1.165) is 32.5 Å². The fraction of sp³-hybridized carbons (Fsp3) is 0.600. The summed E-state index contributed by atoms with van der Waals surface area (Å²) in [5, 5.41) is 9.44. The van der Waals surface area contributed by atoms with Crippen LogP contribution in [-0.4, -0.2) is 29.2 Å². The molecule has 0 bridgehead atoms. The highest BCUT2D eigenvalue weighted by Crippen LogP contribution is 2.13. The second kappa shape index (κ2) is 3.94. The number of piperidine rings is 1. The van der Waals surface area contributed by atoms with Gasteiger partial charge in [0, 0.05) is 18.7 Å². The van der Waals surface area contributed by atoms with E-state index in [4.69, 9.17) is 4.42 Å². The zero-order chi connectivity index (χ0) is 9.10. The number of aliphatic hydroxyl groups excluding tert-OH is 1. The summed E-state index contributed by atoms with van der Waals surface area (Å²) in [4.78, 5) is 2.26. The molecule has 0 amide bonds. The van der Waals surface area contributed by atoms with Gasteiger partial charge in [-0.2, -0.15) is 0 Å². The van der Waals surface area contributed by atoms with E-state index in [-0.39, 0.29) is 6.10 Å². The summed E-state index contributed by atoms with van der Waals surface area (Å²) in [5.74, 6) is 0. The lowest BCUT2D eigenvalue weighted by atomic mass is 10.1. The number of nitrogens with zero attached hydrogens (tertiary/aromatic N) is 1. The van der Waals surface area contributed by atoms with E-state index in [9.17, 15) is 5.11 Å². The number of likely N-dealkylation sites (tertiary alicyclic amines) is 1. The number of β-amino-alcohol motifs (C(OH)–C–C–N with tert-alkyl or cyclic N) is 1. The van der Waals surface area contributed by atoms with Crippen molar-refractivity contribution in [1.82, 2.24) is 4.90 Å². The Morgan fingerprint density at radius 2 is 2.54 bits per heavy atom. The lowest BCUT2D eigenvalue weighted by Gasteiger charge is -2.29. The Morgan fingerprint density at radius 3 is 3.23 bits per heavy atom. The second-order valence-corrected chi connectivity index (χ2v) is 3.66. The Kier molecular flexibility index (Phi) is 2.66. The Bertz CT molecular complexity index is 245. The summed E-state index contributed by atoms with van der Waals surface area (Å²) in [6.07, 6.45) is 5.36. The van der Waals surface area contributed by atoms with Gasteiger partial charge in [-0.05, 0) is 25.5 Å². The zero-order valence-electron chi connectivity index (χ0n) is 7.65. The molecule has 1 N–H and O–H groups in total. The Morgan fingerprint density at radius 1 is 1.62 bits per heavy atom. The van der Waals surface area contributed by atoms with Crippen LogP contribution in [0.5, 0.6) is 0 Å². The van der Waals surface area contributed by atoms with Crippen LogP contribution in [0.2, 0.25) is 0 Å². The fourth-order valence-corrected chi connectivity index (χ4v) is 1.82. The minimum Gasteiger partial charge on any atom is -0.472 e. The van der Waals surface area contributed by atoms with Gasteiger partial charge in [-0.25, -0.2) is 0 Å². The molecule has 1 aliphatic rings. The molecule has 1 atom stereocenters. The first-order valence-electron chi connectivity index (χ1n) is 4.76. The molecule has 1 saturated heterocycles. The van der Waals surface area contributed by atoms with Crippen molar-refractivity contribution in [3.63, 3.8) is 0 Å². The maximum absolute atomic E-state index is 9.44. The highest BCUT2D eigenvalue weighted by Gasteiger charge is 2.17. The van der Waals surface area contributed by atoms with Crippen LogP contribution in [-0.2, 0) is 6.54 Å². The molecular formula is C10H15NO2. The molecule has 2 rings (SSSR count). The second-order valence-electron chi connectivity index (χ2n) is 3.66. The Labute approximate surface area is 78.0 Å². The van der Waals surface area contributed by atoms with Gasteiger partial charge in [0.1, 0.15) is 0 Å². The molecule has 1 aromatic rings. The van der Waals surface area contributed by atoms with Gasteiger partial charge in [-0.15, -0.1) is 0 Å². The number of rotatable bonds is 2. The first kappa shape index (κ1) is 8.78. The largest absolute Gasteiger partial charge is 0.472 e. The molecule has 0 radical (unpaired) electrons. The predicted molar refractivity (Wildman–Crippen MR) is 49.2 cm³/mol. The van der Waals surface area contributed by atoms with E-state index >= 15 is 0 Å². The van der Waals surface area contributed by atoms with E-state index in [1.807, 2.05) is 6.07 Å². The molecule has 1 unspecified atom stereocenters. The van der Waals surface area contributed by atoms with E-state index in [1.54, 1.807) is 12.5 Å².